The Morgan fingerprint density at radius 3 is 2.50 bits per heavy atom. The number of nitrogens with zero attached hydrogens (tertiary/aromatic N) is 4. The fourth-order valence-corrected chi connectivity index (χ4v) is 3.95. The fraction of sp³-hybridized carbons (Fsp3) is 0.667. The molecule has 0 unspecified atom stereocenters. The topological polar surface area (TPSA) is 34.1 Å². The summed E-state index contributed by atoms with van der Waals surface area (Å²) in [6, 6.07) is 3.64. The molecule has 5 nitrogen and oxygen atoms in total. The van der Waals surface area contributed by atoms with E-state index in [9.17, 15) is 8.78 Å². The van der Waals surface area contributed by atoms with E-state index in [1.54, 1.807) is 0 Å². The molecule has 0 spiro atoms. The van der Waals surface area contributed by atoms with E-state index in [0.29, 0.717) is 18.8 Å². The molecule has 1 N–H and O–H groups in total. The van der Waals surface area contributed by atoms with Gasteiger partial charge in [-0.2, -0.15) is 0 Å². The van der Waals surface area contributed by atoms with Gasteiger partial charge in [-0.05, 0) is 64.4 Å². The van der Waals surface area contributed by atoms with Crippen molar-refractivity contribution >= 4 is 11.6 Å². The van der Waals surface area contributed by atoms with Crippen molar-refractivity contribution in [2.45, 2.75) is 32.6 Å². The number of aliphatic imine (C=N–C) groups is 1. The van der Waals surface area contributed by atoms with Crippen LogP contribution in [0.4, 0.5) is 14.5 Å². The van der Waals surface area contributed by atoms with Crippen molar-refractivity contribution in [3.05, 3.63) is 29.8 Å². The van der Waals surface area contributed by atoms with Crippen LogP contribution in [0.15, 0.2) is 23.2 Å². The smallest absolute Gasteiger partial charge is 0.194 e. The third kappa shape index (κ3) is 5.80. The summed E-state index contributed by atoms with van der Waals surface area (Å²) < 4.78 is 27.5. The Morgan fingerprint density at radius 1 is 1.04 bits per heavy atom. The highest BCUT2D eigenvalue weighted by molar-refractivity contribution is 5.80. The standard InChI is InChI=1S/C21H33F2N5/c1-2-24-21(25-9-3-4-10-26-11-5-6-12-26)28-15-13-27(14-16-28)20-17-18(22)7-8-19(20)23/h7-8,17H,2-6,9-16H2,1H3,(H,24,25). The number of benzene rings is 1. The van der Waals surface area contributed by atoms with E-state index in [1.165, 1.54) is 51.0 Å². The van der Waals surface area contributed by atoms with E-state index >= 15 is 0 Å². The maximum absolute atomic E-state index is 14.0. The van der Waals surface area contributed by atoms with Crippen molar-refractivity contribution in [2.24, 2.45) is 4.99 Å². The zero-order valence-electron chi connectivity index (χ0n) is 17.0. The number of halogens is 2. The first-order chi connectivity index (χ1) is 13.7. The Labute approximate surface area is 167 Å². The molecule has 0 atom stereocenters. The Hall–Kier alpha value is -1.89. The maximum Gasteiger partial charge on any atom is 0.194 e. The lowest BCUT2D eigenvalue weighted by molar-refractivity contribution is 0.330. The van der Waals surface area contributed by atoms with Gasteiger partial charge in [-0.25, -0.2) is 8.78 Å². The highest BCUT2D eigenvalue weighted by Gasteiger charge is 2.22. The highest BCUT2D eigenvalue weighted by atomic mass is 19.1. The molecule has 0 aromatic heterocycles. The van der Waals surface area contributed by atoms with Gasteiger partial charge >= 0.3 is 0 Å². The number of piperazine rings is 1. The van der Waals surface area contributed by atoms with Gasteiger partial charge in [0.1, 0.15) is 11.6 Å². The van der Waals surface area contributed by atoms with E-state index < -0.39 is 5.82 Å². The number of hydrogen-bond acceptors (Lipinski definition) is 3. The Kier molecular flexibility index (Phi) is 7.89. The van der Waals surface area contributed by atoms with Crippen LogP contribution in [0.5, 0.6) is 0 Å². The predicted octanol–water partition coefficient (Wildman–Crippen LogP) is 2.93. The number of guanidine groups is 1. The summed E-state index contributed by atoms with van der Waals surface area (Å²) in [4.78, 5) is 11.5. The number of nitrogens with one attached hydrogen (secondary N) is 1. The molecule has 1 aromatic carbocycles. The number of anilines is 1. The Morgan fingerprint density at radius 2 is 1.79 bits per heavy atom. The molecular weight excluding hydrogens is 360 g/mol. The molecule has 156 valence electrons. The number of rotatable bonds is 7. The van der Waals surface area contributed by atoms with Crippen LogP contribution in [-0.4, -0.2) is 74.7 Å². The lowest BCUT2D eigenvalue weighted by Gasteiger charge is -2.37. The number of unbranched alkanes of at least 4 members (excludes halogenated alkanes) is 1. The average Bonchev–Trinajstić information content (AvgIpc) is 3.22. The largest absolute Gasteiger partial charge is 0.366 e. The number of hydrogen-bond donors (Lipinski definition) is 1. The van der Waals surface area contributed by atoms with Gasteiger partial charge in [0.25, 0.3) is 0 Å². The SMILES string of the molecule is CCNC(=NCCCCN1CCCC1)N1CCN(c2cc(F)ccc2F)CC1. The molecule has 2 fully saturated rings. The summed E-state index contributed by atoms with van der Waals surface area (Å²) in [6.45, 7) is 10.2. The normalized spacial score (nSPS) is 18.8. The molecular formula is C21H33F2N5. The van der Waals surface area contributed by atoms with Crippen LogP contribution >= 0.6 is 0 Å². The van der Waals surface area contributed by atoms with Gasteiger partial charge in [0.2, 0.25) is 0 Å². The van der Waals surface area contributed by atoms with E-state index in [1.807, 2.05) is 4.90 Å². The molecule has 0 saturated carbocycles. The van der Waals surface area contributed by atoms with Crippen molar-refractivity contribution < 1.29 is 8.78 Å². The maximum atomic E-state index is 14.0. The van der Waals surface area contributed by atoms with Crippen LogP contribution in [-0.2, 0) is 0 Å². The Balaban J connectivity index is 1.47. The first-order valence-electron chi connectivity index (χ1n) is 10.6. The van der Waals surface area contributed by atoms with Crippen LogP contribution in [0.25, 0.3) is 0 Å². The lowest BCUT2D eigenvalue weighted by Crippen LogP contribution is -2.52. The summed E-state index contributed by atoms with van der Waals surface area (Å²) in [5.74, 6) is 0.166. The zero-order valence-corrected chi connectivity index (χ0v) is 17.0. The highest BCUT2D eigenvalue weighted by Crippen LogP contribution is 2.22. The first kappa shape index (κ1) is 20.8. The van der Waals surface area contributed by atoms with Gasteiger partial charge < -0.3 is 20.0 Å². The fourth-order valence-electron chi connectivity index (χ4n) is 3.95. The predicted molar refractivity (Wildman–Crippen MR) is 111 cm³/mol. The summed E-state index contributed by atoms with van der Waals surface area (Å²) in [6.07, 6.45) is 4.97. The van der Waals surface area contributed by atoms with Gasteiger partial charge in [0.15, 0.2) is 5.96 Å². The molecule has 7 heteroatoms. The van der Waals surface area contributed by atoms with Gasteiger partial charge in [0.05, 0.1) is 5.69 Å². The molecule has 0 aliphatic carbocycles. The van der Waals surface area contributed by atoms with E-state index in [2.05, 4.69) is 22.0 Å². The van der Waals surface area contributed by atoms with Gasteiger partial charge in [-0.15, -0.1) is 0 Å². The van der Waals surface area contributed by atoms with Crippen molar-refractivity contribution in [2.75, 3.05) is 63.8 Å². The minimum Gasteiger partial charge on any atom is -0.366 e. The molecule has 0 amide bonds. The summed E-state index contributed by atoms with van der Waals surface area (Å²) in [7, 11) is 0. The van der Waals surface area contributed by atoms with E-state index in [4.69, 9.17) is 4.99 Å². The molecule has 28 heavy (non-hydrogen) atoms. The van der Waals surface area contributed by atoms with Crippen LogP contribution in [0.3, 0.4) is 0 Å². The summed E-state index contributed by atoms with van der Waals surface area (Å²) in [5.41, 5.74) is 0.350. The van der Waals surface area contributed by atoms with E-state index in [-0.39, 0.29) is 5.82 Å². The van der Waals surface area contributed by atoms with Gasteiger partial charge in [-0.3, -0.25) is 4.99 Å². The zero-order chi connectivity index (χ0) is 19.8. The second-order valence-corrected chi connectivity index (χ2v) is 7.56. The third-order valence-electron chi connectivity index (χ3n) is 5.51. The van der Waals surface area contributed by atoms with Crippen molar-refractivity contribution in [3.8, 4) is 0 Å². The van der Waals surface area contributed by atoms with Crippen LogP contribution in [0.2, 0.25) is 0 Å². The minimum atomic E-state index is -0.400. The van der Waals surface area contributed by atoms with E-state index in [0.717, 1.165) is 44.6 Å². The summed E-state index contributed by atoms with van der Waals surface area (Å²) >= 11 is 0. The molecule has 2 saturated heterocycles. The molecule has 1 aromatic rings. The average molecular weight is 394 g/mol. The molecule has 3 rings (SSSR count). The lowest BCUT2D eigenvalue weighted by atomic mass is 10.2. The second kappa shape index (κ2) is 10.6. The minimum absolute atomic E-state index is 0.350. The van der Waals surface area contributed by atoms with Crippen molar-refractivity contribution in [1.29, 1.82) is 0 Å². The Bertz CT molecular complexity index is 638. The quantitative estimate of drug-likeness (QED) is 0.439. The first-order valence-corrected chi connectivity index (χ1v) is 10.6. The molecule has 0 bridgehead atoms. The van der Waals surface area contributed by atoms with Crippen LogP contribution in [0, 0.1) is 11.6 Å². The third-order valence-corrected chi connectivity index (χ3v) is 5.51. The van der Waals surface area contributed by atoms with Gasteiger partial charge in [-0.1, -0.05) is 0 Å². The molecule has 2 heterocycles. The van der Waals surface area contributed by atoms with Gasteiger partial charge in [0, 0.05) is 45.3 Å². The number of likely N-dealkylation sites (tertiary alicyclic amines) is 1. The van der Waals surface area contributed by atoms with Crippen LogP contribution < -0.4 is 10.2 Å². The second-order valence-electron chi connectivity index (χ2n) is 7.56. The van der Waals surface area contributed by atoms with Crippen molar-refractivity contribution in [3.63, 3.8) is 0 Å². The monoisotopic (exact) mass is 393 g/mol. The molecule has 2 aliphatic rings. The van der Waals surface area contributed by atoms with Crippen LogP contribution in [0.1, 0.15) is 32.6 Å². The molecule has 0 radical (unpaired) electrons. The van der Waals surface area contributed by atoms with Crippen molar-refractivity contribution in [1.82, 2.24) is 15.1 Å². The molecule has 2 aliphatic heterocycles. The summed E-state index contributed by atoms with van der Waals surface area (Å²) in [5, 5.41) is 3.37.